The Morgan fingerprint density at radius 3 is 2.94 bits per heavy atom. The van der Waals surface area contributed by atoms with Gasteiger partial charge in [-0.3, -0.25) is 9.59 Å². The minimum atomic E-state index is -0.355. The Morgan fingerprint density at radius 2 is 2.33 bits per heavy atom. The standard InChI is InChI=1S/C11H15ClN4O2/c1-2-16-11(18)10(12)8(5-14-16)13-6-9(17)15-7-3-4-7/h5,7,13H,2-4,6H2,1H3,(H,15,17). The van der Waals surface area contributed by atoms with Gasteiger partial charge >= 0.3 is 0 Å². The van der Waals surface area contributed by atoms with E-state index in [1.165, 1.54) is 10.9 Å². The van der Waals surface area contributed by atoms with Gasteiger partial charge in [0.05, 0.1) is 18.4 Å². The van der Waals surface area contributed by atoms with Gasteiger partial charge in [-0.05, 0) is 19.8 Å². The van der Waals surface area contributed by atoms with Gasteiger partial charge in [0.2, 0.25) is 5.91 Å². The van der Waals surface area contributed by atoms with Crippen LogP contribution in [-0.2, 0) is 11.3 Å². The summed E-state index contributed by atoms with van der Waals surface area (Å²) in [5.41, 5.74) is 0.0316. The summed E-state index contributed by atoms with van der Waals surface area (Å²) in [7, 11) is 0. The van der Waals surface area contributed by atoms with E-state index in [4.69, 9.17) is 11.6 Å². The van der Waals surface area contributed by atoms with Gasteiger partial charge < -0.3 is 10.6 Å². The van der Waals surface area contributed by atoms with E-state index < -0.39 is 0 Å². The molecular formula is C11H15ClN4O2. The second-order valence-corrected chi connectivity index (χ2v) is 4.57. The van der Waals surface area contributed by atoms with Crippen molar-refractivity contribution in [2.75, 3.05) is 11.9 Å². The molecule has 1 aromatic heterocycles. The molecule has 7 heteroatoms. The van der Waals surface area contributed by atoms with Gasteiger partial charge in [-0.25, -0.2) is 4.68 Å². The van der Waals surface area contributed by atoms with Crippen LogP contribution in [0.4, 0.5) is 5.69 Å². The van der Waals surface area contributed by atoms with E-state index in [-0.39, 0.29) is 23.0 Å². The second kappa shape index (κ2) is 5.39. The van der Waals surface area contributed by atoms with Crippen LogP contribution in [0.15, 0.2) is 11.0 Å². The Bertz CT molecular complexity index is 510. The number of nitrogens with one attached hydrogen (secondary N) is 2. The molecule has 1 heterocycles. The number of hydrogen-bond acceptors (Lipinski definition) is 4. The number of aromatic nitrogens is 2. The monoisotopic (exact) mass is 270 g/mol. The third-order valence-corrected chi connectivity index (χ3v) is 3.03. The summed E-state index contributed by atoms with van der Waals surface area (Å²) in [6.45, 7) is 2.36. The lowest BCUT2D eigenvalue weighted by molar-refractivity contribution is -0.119. The van der Waals surface area contributed by atoms with Gasteiger partial charge in [0, 0.05) is 12.6 Å². The number of carbonyl (C=O) groups excluding carboxylic acids is 1. The highest BCUT2D eigenvalue weighted by atomic mass is 35.5. The van der Waals surface area contributed by atoms with Crippen LogP contribution < -0.4 is 16.2 Å². The van der Waals surface area contributed by atoms with Crippen LogP contribution >= 0.6 is 11.6 Å². The maximum Gasteiger partial charge on any atom is 0.287 e. The molecule has 1 fully saturated rings. The average Bonchev–Trinajstić information content (AvgIpc) is 3.15. The lowest BCUT2D eigenvalue weighted by atomic mass is 10.4. The van der Waals surface area contributed by atoms with Crippen LogP contribution in [0.5, 0.6) is 0 Å². The molecule has 1 aliphatic rings. The number of halogens is 1. The molecule has 98 valence electrons. The molecule has 18 heavy (non-hydrogen) atoms. The predicted molar refractivity (Wildman–Crippen MR) is 68.8 cm³/mol. The summed E-state index contributed by atoms with van der Waals surface area (Å²) in [5.74, 6) is -0.103. The van der Waals surface area contributed by atoms with E-state index >= 15 is 0 Å². The summed E-state index contributed by atoms with van der Waals surface area (Å²) >= 11 is 5.91. The highest BCUT2D eigenvalue weighted by Gasteiger charge is 2.23. The Kier molecular flexibility index (Phi) is 3.86. The highest BCUT2D eigenvalue weighted by molar-refractivity contribution is 6.33. The quantitative estimate of drug-likeness (QED) is 0.822. The van der Waals surface area contributed by atoms with Crippen molar-refractivity contribution < 1.29 is 4.79 Å². The summed E-state index contributed by atoms with van der Waals surface area (Å²) in [6, 6.07) is 0.320. The van der Waals surface area contributed by atoms with Crippen molar-refractivity contribution in [3.63, 3.8) is 0 Å². The third kappa shape index (κ3) is 3.01. The third-order valence-electron chi connectivity index (χ3n) is 2.67. The van der Waals surface area contributed by atoms with E-state index in [0.29, 0.717) is 18.3 Å². The van der Waals surface area contributed by atoms with Crippen LogP contribution in [0.25, 0.3) is 0 Å². The van der Waals surface area contributed by atoms with Crippen molar-refractivity contribution in [3.8, 4) is 0 Å². The van der Waals surface area contributed by atoms with E-state index in [1.807, 2.05) is 0 Å². The lowest BCUT2D eigenvalue weighted by Gasteiger charge is -2.09. The number of carbonyl (C=O) groups is 1. The second-order valence-electron chi connectivity index (χ2n) is 4.19. The normalized spacial score (nSPS) is 14.3. The van der Waals surface area contributed by atoms with E-state index in [2.05, 4.69) is 15.7 Å². The van der Waals surface area contributed by atoms with Crippen LogP contribution in [0, 0.1) is 0 Å². The van der Waals surface area contributed by atoms with E-state index in [0.717, 1.165) is 12.8 Å². The van der Waals surface area contributed by atoms with Gasteiger partial charge in [-0.2, -0.15) is 5.10 Å². The molecule has 0 aromatic carbocycles. The fourth-order valence-corrected chi connectivity index (χ4v) is 1.71. The number of hydrogen-bond donors (Lipinski definition) is 2. The zero-order chi connectivity index (χ0) is 13.1. The fraction of sp³-hybridized carbons (Fsp3) is 0.545. The molecule has 1 aliphatic carbocycles. The molecule has 0 atom stereocenters. The SMILES string of the molecule is CCn1ncc(NCC(=O)NC2CC2)c(Cl)c1=O. The molecule has 0 unspecified atom stereocenters. The van der Waals surface area contributed by atoms with Gasteiger partial charge in [0.25, 0.3) is 5.56 Å². The molecule has 0 spiro atoms. The van der Waals surface area contributed by atoms with Crippen molar-refractivity contribution in [2.24, 2.45) is 0 Å². The summed E-state index contributed by atoms with van der Waals surface area (Å²) in [5, 5.41) is 9.65. The molecule has 0 saturated heterocycles. The molecule has 1 amide bonds. The molecule has 6 nitrogen and oxygen atoms in total. The first-order valence-corrected chi connectivity index (χ1v) is 6.28. The maximum absolute atomic E-state index is 11.7. The van der Waals surface area contributed by atoms with Crippen LogP contribution in [0.3, 0.4) is 0 Å². The van der Waals surface area contributed by atoms with E-state index in [9.17, 15) is 9.59 Å². The molecule has 1 aromatic rings. The van der Waals surface area contributed by atoms with Crippen LogP contribution in [0.1, 0.15) is 19.8 Å². The number of rotatable bonds is 5. The predicted octanol–water partition coefficient (Wildman–Crippen LogP) is 0.607. The molecule has 0 aliphatic heterocycles. The largest absolute Gasteiger partial charge is 0.373 e. The van der Waals surface area contributed by atoms with E-state index in [1.54, 1.807) is 6.92 Å². The zero-order valence-electron chi connectivity index (χ0n) is 10.1. The molecule has 0 bridgehead atoms. The maximum atomic E-state index is 11.7. The van der Waals surface area contributed by atoms with Crippen molar-refractivity contribution in [1.29, 1.82) is 0 Å². The molecule has 0 radical (unpaired) electrons. The van der Waals surface area contributed by atoms with Crippen molar-refractivity contribution >= 4 is 23.2 Å². The van der Waals surface area contributed by atoms with Gasteiger partial charge in [-0.1, -0.05) is 11.6 Å². The topological polar surface area (TPSA) is 76.0 Å². The number of nitrogens with zero attached hydrogens (tertiary/aromatic N) is 2. The number of anilines is 1. The Balaban J connectivity index is 1.98. The highest BCUT2D eigenvalue weighted by Crippen LogP contribution is 2.18. The van der Waals surface area contributed by atoms with Gasteiger partial charge in [0.15, 0.2) is 0 Å². The van der Waals surface area contributed by atoms with Crippen molar-refractivity contribution in [3.05, 3.63) is 21.6 Å². The van der Waals surface area contributed by atoms with Crippen LogP contribution in [0.2, 0.25) is 5.02 Å². The Morgan fingerprint density at radius 1 is 1.61 bits per heavy atom. The smallest absolute Gasteiger partial charge is 0.287 e. The molecule has 2 N–H and O–H groups in total. The Labute approximate surface area is 109 Å². The fourth-order valence-electron chi connectivity index (χ4n) is 1.50. The average molecular weight is 271 g/mol. The molecule has 1 saturated carbocycles. The van der Waals surface area contributed by atoms with Gasteiger partial charge in [0.1, 0.15) is 5.02 Å². The first-order valence-electron chi connectivity index (χ1n) is 5.90. The summed E-state index contributed by atoms with van der Waals surface area (Å²) in [4.78, 5) is 23.1. The van der Waals surface area contributed by atoms with Crippen LogP contribution in [-0.4, -0.2) is 28.3 Å². The first-order chi connectivity index (χ1) is 8.61. The zero-order valence-corrected chi connectivity index (χ0v) is 10.8. The summed E-state index contributed by atoms with van der Waals surface area (Å²) < 4.78 is 1.26. The molecule has 2 rings (SSSR count). The van der Waals surface area contributed by atoms with Crippen molar-refractivity contribution in [1.82, 2.24) is 15.1 Å². The minimum absolute atomic E-state index is 0.0612. The van der Waals surface area contributed by atoms with Crippen molar-refractivity contribution in [2.45, 2.75) is 32.4 Å². The van der Waals surface area contributed by atoms with Gasteiger partial charge in [-0.15, -0.1) is 0 Å². The molecular weight excluding hydrogens is 256 g/mol. The first kappa shape index (κ1) is 12.9. The number of amides is 1. The lowest BCUT2D eigenvalue weighted by Crippen LogP contribution is -2.32. The number of aryl methyl sites for hydroxylation is 1. The Hall–Kier alpha value is -1.56. The minimum Gasteiger partial charge on any atom is -0.373 e. The summed E-state index contributed by atoms with van der Waals surface area (Å²) in [6.07, 6.45) is 3.54.